The summed E-state index contributed by atoms with van der Waals surface area (Å²) in [5.74, 6) is 0.810. The lowest BCUT2D eigenvalue weighted by Gasteiger charge is -2.15. The third kappa shape index (κ3) is 7.50. The van der Waals surface area contributed by atoms with Gasteiger partial charge in [0.15, 0.2) is 5.96 Å². The predicted molar refractivity (Wildman–Crippen MR) is 122 cm³/mol. The fourth-order valence-corrected chi connectivity index (χ4v) is 2.82. The van der Waals surface area contributed by atoms with Crippen molar-refractivity contribution in [3.05, 3.63) is 47.3 Å². The average molecular weight is 485 g/mol. The van der Waals surface area contributed by atoms with Crippen LogP contribution in [0.25, 0.3) is 5.69 Å². The number of ether oxygens (including phenoxy) is 1. The van der Waals surface area contributed by atoms with E-state index in [1.807, 2.05) is 24.6 Å². The maximum absolute atomic E-state index is 5.36. The smallest absolute Gasteiger partial charge is 0.191 e. The molecule has 0 aliphatic heterocycles. The van der Waals surface area contributed by atoms with Crippen LogP contribution in [0.4, 0.5) is 0 Å². The molecule has 27 heavy (non-hydrogen) atoms. The Hall–Kier alpha value is -1.61. The van der Waals surface area contributed by atoms with Crippen molar-refractivity contribution < 1.29 is 4.74 Å². The topological polar surface area (TPSA) is 63.5 Å². The summed E-state index contributed by atoms with van der Waals surface area (Å²) in [4.78, 5) is 4.30. The molecule has 0 saturated carbocycles. The quantitative estimate of drug-likeness (QED) is 0.247. The number of aromatic nitrogens is 2. The Morgan fingerprint density at radius 3 is 2.63 bits per heavy atom. The maximum atomic E-state index is 5.36. The highest BCUT2D eigenvalue weighted by atomic mass is 127. The molecule has 0 unspecified atom stereocenters. The van der Waals surface area contributed by atoms with Gasteiger partial charge in [0, 0.05) is 39.0 Å². The van der Waals surface area contributed by atoms with Gasteiger partial charge < -0.3 is 15.4 Å². The molecule has 0 saturated heterocycles. The minimum atomic E-state index is 0. The second kappa shape index (κ2) is 12.7. The molecule has 0 radical (unpaired) electrons. The molecule has 2 N–H and O–H groups in total. The SMILES string of the molecule is CCOCCCCNC(=NC)NCc1ccccc1-n1nc(C)cc1C.I. The van der Waals surface area contributed by atoms with Crippen LogP contribution in [0.15, 0.2) is 35.3 Å². The predicted octanol–water partition coefficient (Wildman–Crippen LogP) is 3.59. The fourth-order valence-electron chi connectivity index (χ4n) is 2.82. The number of unbranched alkanes of at least 4 members (excludes halogenated alkanes) is 1. The zero-order valence-electron chi connectivity index (χ0n) is 16.8. The molecule has 0 amide bonds. The third-order valence-electron chi connectivity index (χ3n) is 4.11. The Balaban J connectivity index is 0.00000364. The number of aliphatic imine (C=N–C) groups is 1. The van der Waals surface area contributed by atoms with Gasteiger partial charge in [-0.3, -0.25) is 4.99 Å². The van der Waals surface area contributed by atoms with Gasteiger partial charge in [-0.05, 0) is 51.3 Å². The van der Waals surface area contributed by atoms with E-state index in [9.17, 15) is 0 Å². The van der Waals surface area contributed by atoms with Crippen molar-refractivity contribution in [2.24, 2.45) is 4.99 Å². The summed E-state index contributed by atoms with van der Waals surface area (Å²) in [5.41, 5.74) is 4.43. The molecule has 1 heterocycles. The van der Waals surface area contributed by atoms with Gasteiger partial charge in [0.2, 0.25) is 0 Å². The lowest BCUT2D eigenvalue weighted by atomic mass is 10.1. The van der Waals surface area contributed by atoms with E-state index in [0.29, 0.717) is 6.54 Å². The second-order valence-electron chi connectivity index (χ2n) is 6.22. The van der Waals surface area contributed by atoms with Crippen LogP contribution in [0.5, 0.6) is 0 Å². The summed E-state index contributed by atoms with van der Waals surface area (Å²) in [6.45, 7) is 9.28. The van der Waals surface area contributed by atoms with Crippen LogP contribution in [0.3, 0.4) is 0 Å². The van der Waals surface area contributed by atoms with Crippen molar-refractivity contribution >= 4 is 29.9 Å². The number of nitrogens with one attached hydrogen (secondary N) is 2. The highest BCUT2D eigenvalue weighted by Crippen LogP contribution is 2.16. The minimum absolute atomic E-state index is 0. The molecular weight excluding hydrogens is 453 g/mol. The van der Waals surface area contributed by atoms with Crippen LogP contribution >= 0.6 is 24.0 Å². The van der Waals surface area contributed by atoms with E-state index >= 15 is 0 Å². The number of hydrogen-bond acceptors (Lipinski definition) is 3. The molecular formula is C20H32IN5O. The van der Waals surface area contributed by atoms with Crippen LogP contribution in [0, 0.1) is 13.8 Å². The van der Waals surface area contributed by atoms with E-state index in [-0.39, 0.29) is 24.0 Å². The van der Waals surface area contributed by atoms with E-state index < -0.39 is 0 Å². The first-order chi connectivity index (χ1) is 12.7. The second-order valence-corrected chi connectivity index (χ2v) is 6.22. The van der Waals surface area contributed by atoms with E-state index in [0.717, 1.165) is 55.6 Å². The fraction of sp³-hybridized carbons (Fsp3) is 0.500. The highest BCUT2D eigenvalue weighted by Gasteiger charge is 2.09. The number of hydrogen-bond donors (Lipinski definition) is 2. The van der Waals surface area contributed by atoms with Gasteiger partial charge in [0.1, 0.15) is 0 Å². The zero-order chi connectivity index (χ0) is 18.8. The molecule has 150 valence electrons. The average Bonchev–Trinajstić information content (AvgIpc) is 2.99. The van der Waals surface area contributed by atoms with Gasteiger partial charge in [0.25, 0.3) is 0 Å². The Morgan fingerprint density at radius 1 is 1.19 bits per heavy atom. The van der Waals surface area contributed by atoms with Crippen LogP contribution in [0.1, 0.15) is 36.7 Å². The molecule has 7 heteroatoms. The van der Waals surface area contributed by atoms with Crippen molar-refractivity contribution in [1.29, 1.82) is 0 Å². The number of benzene rings is 1. The van der Waals surface area contributed by atoms with Crippen LogP contribution in [0.2, 0.25) is 0 Å². The van der Waals surface area contributed by atoms with Crippen molar-refractivity contribution in [1.82, 2.24) is 20.4 Å². The Labute approximate surface area is 179 Å². The molecule has 0 fully saturated rings. The van der Waals surface area contributed by atoms with Crippen molar-refractivity contribution in [2.45, 2.75) is 40.2 Å². The number of rotatable bonds is 9. The van der Waals surface area contributed by atoms with E-state index in [4.69, 9.17) is 4.74 Å². The van der Waals surface area contributed by atoms with Crippen molar-refractivity contribution in [3.8, 4) is 5.69 Å². The Kier molecular flexibility index (Phi) is 11.0. The molecule has 0 spiro atoms. The summed E-state index contributed by atoms with van der Waals surface area (Å²) < 4.78 is 7.35. The van der Waals surface area contributed by atoms with Crippen molar-refractivity contribution in [3.63, 3.8) is 0 Å². The number of nitrogens with zero attached hydrogens (tertiary/aromatic N) is 3. The first kappa shape index (κ1) is 23.4. The summed E-state index contributed by atoms with van der Waals surface area (Å²) in [6, 6.07) is 10.4. The van der Waals surface area contributed by atoms with Gasteiger partial charge in [-0.25, -0.2) is 4.68 Å². The monoisotopic (exact) mass is 485 g/mol. The van der Waals surface area contributed by atoms with Gasteiger partial charge >= 0.3 is 0 Å². The van der Waals surface area contributed by atoms with Crippen LogP contribution in [-0.2, 0) is 11.3 Å². The van der Waals surface area contributed by atoms with E-state index in [2.05, 4.69) is 51.9 Å². The lowest BCUT2D eigenvalue weighted by molar-refractivity contribution is 0.143. The zero-order valence-corrected chi connectivity index (χ0v) is 19.1. The summed E-state index contributed by atoms with van der Waals surface area (Å²) in [6.07, 6.45) is 2.11. The number of aryl methyl sites for hydroxylation is 2. The summed E-state index contributed by atoms with van der Waals surface area (Å²) >= 11 is 0. The Morgan fingerprint density at radius 2 is 1.96 bits per heavy atom. The molecule has 0 aliphatic carbocycles. The number of para-hydroxylation sites is 1. The third-order valence-corrected chi connectivity index (χ3v) is 4.11. The summed E-state index contributed by atoms with van der Waals surface area (Å²) in [5, 5.41) is 11.3. The first-order valence-electron chi connectivity index (χ1n) is 9.29. The molecule has 0 bridgehead atoms. The molecule has 1 aromatic heterocycles. The number of halogens is 1. The first-order valence-corrected chi connectivity index (χ1v) is 9.29. The Bertz CT molecular complexity index is 714. The minimum Gasteiger partial charge on any atom is -0.382 e. The van der Waals surface area contributed by atoms with Gasteiger partial charge in [0.05, 0.1) is 11.4 Å². The van der Waals surface area contributed by atoms with E-state index in [1.165, 1.54) is 5.56 Å². The maximum Gasteiger partial charge on any atom is 0.191 e. The molecule has 2 aromatic rings. The standard InChI is InChI=1S/C20H31N5O.HI/c1-5-26-13-9-8-12-22-20(21-4)23-15-18-10-6-7-11-19(18)25-17(3)14-16(2)24-25;/h6-7,10-11,14H,5,8-9,12-13,15H2,1-4H3,(H2,21,22,23);1H. The van der Waals surface area contributed by atoms with Gasteiger partial charge in [-0.15, -0.1) is 24.0 Å². The molecule has 0 atom stereocenters. The molecule has 1 aromatic carbocycles. The van der Waals surface area contributed by atoms with Gasteiger partial charge in [-0.2, -0.15) is 5.10 Å². The van der Waals surface area contributed by atoms with E-state index in [1.54, 1.807) is 7.05 Å². The number of guanidine groups is 1. The van der Waals surface area contributed by atoms with Crippen LogP contribution in [-0.4, -0.2) is 42.5 Å². The normalized spacial score (nSPS) is 11.2. The van der Waals surface area contributed by atoms with Crippen molar-refractivity contribution in [2.75, 3.05) is 26.8 Å². The molecule has 0 aliphatic rings. The molecule has 2 rings (SSSR count). The highest BCUT2D eigenvalue weighted by molar-refractivity contribution is 14.0. The lowest BCUT2D eigenvalue weighted by Crippen LogP contribution is -2.37. The largest absolute Gasteiger partial charge is 0.382 e. The van der Waals surface area contributed by atoms with Crippen LogP contribution < -0.4 is 10.6 Å². The summed E-state index contributed by atoms with van der Waals surface area (Å²) in [7, 11) is 1.79. The van der Waals surface area contributed by atoms with Gasteiger partial charge in [-0.1, -0.05) is 18.2 Å². The molecule has 6 nitrogen and oxygen atoms in total.